The van der Waals surface area contributed by atoms with Crippen molar-refractivity contribution in [1.82, 2.24) is 0 Å². The van der Waals surface area contributed by atoms with Gasteiger partial charge in [-0.2, -0.15) is 0 Å². The van der Waals surface area contributed by atoms with Gasteiger partial charge in [0.15, 0.2) is 0 Å². The molecular weight excluding hydrogens is 252 g/mol. The van der Waals surface area contributed by atoms with E-state index >= 15 is 0 Å². The molecule has 1 rings (SSSR count). The highest BCUT2D eigenvalue weighted by Crippen LogP contribution is 2.14. The Bertz CT molecular complexity index is 509. The number of anilines is 1. The van der Waals surface area contributed by atoms with Crippen molar-refractivity contribution in [2.75, 3.05) is 5.32 Å². The van der Waals surface area contributed by atoms with Crippen molar-refractivity contribution in [2.45, 2.75) is 31.6 Å². The number of nitrogens with two attached hydrogens (primary N) is 1. The van der Waals surface area contributed by atoms with E-state index in [1.165, 1.54) is 24.3 Å². The van der Waals surface area contributed by atoms with Crippen LogP contribution >= 0.6 is 0 Å². The molecule has 5 nitrogen and oxygen atoms in total. The van der Waals surface area contributed by atoms with E-state index in [2.05, 4.69) is 5.32 Å². The van der Waals surface area contributed by atoms with Crippen LogP contribution in [0.25, 0.3) is 0 Å². The van der Waals surface area contributed by atoms with Crippen LogP contribution < -0.4 is 10.5 Å². The smallest absolute Gasteiger partial charge is 0.238 e. The Morgan fingerprint density at radius 1 is 1.33 bits per heavy atom. The van der Waals surface area contributed by atoms with Crippen LogP contribution in [0.4, 0.5) is 5.69 Å². The van der Waals surface area contributed by atoms with Crippen LogP contribution in [0.1, 0.15) is 26.7 Å². The fraction of sp³-hybridized carbons (Fsp3) is 0.417. The second-order valence-electron chi connectivity index (χ2n) is 4.25. The zero-order valence-corrected chi connectivity index (χ0v) is 11.3. The normalized spacial score (nSPS) is 13.1. The van der Waals surface area contributed by atoms with Crippen LogP contribution in [0, 0.1) is 5.92 Å². The van der Waals surface area contributed by atoms with Gasteiger partial charge < -0.3 is 5.32 Å². The molecule has 0 unspecified atom stereocenters. The third-order valence-electron chi connectivity index (χ3n) is 2.62. The topological polar surface area (TPSA) is 89.3 Å². The lowest BCUT2D eigenvalue weighted by Gasteiger charge is -2.11. The molecule has 3 N–H and O–H groups in total. The maximum Gasteiger partial charge on any atom is 0.238 e. The standard InChI is InChI=1S/C12H18N2O3S/c1-3-4-9(2)12(15)14-10-5-7-11(8-6-10)18(13,16)17/h5-9H,3-4H2,1-2H3,(H,14,15)(H2,13,16,17)/t9-/m1/s1. The lowest BCUT2D eigenvalue weighted by molar-refractivity contribution is -0.119. The summed E-state index contributed by atoms with van der Waals surface area (Å²) in [5.41, 5.74) is 0.565. The van der Waals surface area contributed by atoms with Gasteiger partial charge in [-0.1, -0.05) is 20.3 Å². The highest BCUT2D eigenvalue weighted by Gasteiger charge is 2.12. The van der Waals surface area contributed by atoms with Crippen molar-refractivity contribution in [1.29, 1.82) is 0 Å². The molecular formula is C12H18N2O3S. The van der Waals surface area contributed by atoms with Crippen LogP contribution in [0.3, 0.4) is 0 Å². The van der Waals surface area contributed by atoms with Crippen molar-refractivity contribution in [2.24, 2.45) is 11.1 Å². The number of sulfonamides is 1. The fourth-order valence-electron chi connectivity index (χ4n) is 1.56. The number of hydrogen-bond acceptors (Lipinski definition) is 3. The molecule has 100 valence electrons. The Balaban J connectivity index is 2.73. The molecule has 0 spiro atoms. The maximum atomic E-state index is 11.7. The van der Waals surface area contributed by atoms with Gasteiger partial charge in [-0.25, -0.2) is 13.6 Å². The predicted octanol–water partition coefficient (Wildman–Crippen LogP) is 1.71. The summed E-state index contributed by atoms with van der Waals surface area (Å²) in [6.07, 6.45) is 1.76. The average molecular weight is 270 g/mol. The number of carbonyl (C=O) groups is 1. The summed E-state index contributed by atoms with van der Waals surface area (Å²) in [4.78, 5) is 11.8. The molecule has 18 heavy (non-hydrogen) atoms. The zero-order chi connectivity index (χ0) is 13.8. The first-order valence-electron chi connectivity index (χ1n) is 5.78. The van der Waals surface area contributed by atoms with E-state index in [1.54, 1.807) is 0 Å². The predicted molar refractivity (Wildman–Crippen MR) is 70.5 cm³/mol. The second kappa shape index (κ2) is 5.97. The highest BCUT2D eigenvalue weighted by atomic mass is 32.2. The van der Waals surface area contributed by atoms with Gasteiger partial charge in [-0.05, 0) is 30.7 Å². The van der Waals surface area contributed by atoms with Gasteiger partial charge in [0.2, 0.25) is 15.9 Å². The summed E-state index contributed by atoms with van der Waals surface area (Å²) in [5, 5.41) is 7.71. The van der Waals surface area contributed by atoms with Gasteiger partial charge in [-0.15, -0.1) is 0 Å². The molecule has 0 fully saturated rings. The Morgan fingerprint density at radius 2 is 1.89 bits per heavy atom. The summed E-state index contributed by atoms with van der Waals surface area (Å²) in [6.45, 7) is 3.88. The van der Waals surface area contributed by atoms with Crippen molar-refractivity contribution in [3.05, 3.63) is 24.3 Å². The van der Waals surface area contributed by atoms with Crippen molar-refractivity contribution < 1.29 is 13.2 Å². The minimum atomic E-state index is -3.69. The van der Waals surface area contributed by atoms with E-state index in [4.69, 9.17) is 5.14 Å². The number of nitrogens with one attached hydrogen (secondary N) is 1. The van der Waals surface area contributed by atoms with Gasteiger partial charge >= 0.3 is 0 Å². The van der Waals surface area contributed by atoms with Gasteiger partial charge in [0.25, 0.3) is 0 Å². The summed E-state index contributed by atoms with van der Waals surface area (Å²) in [5.74, 6) is -0.131. The summed E-state index contributed by atoms with van der Waals surface area (Å²) in [6, 6.07) is 5.79. The molecule has 0 aliphatic carbocycles. The van der Waals surface area contributed by atoms with Crippen LogP contribution in [0.5, 0.6) is 0 Å². The van der Waals surface area contributed by atoms with Gasteiger partial charge in [0.1, 0.15) is 0 Å². The molecule has 0 saturated carbocycles. The molecule has 0 radical (unpaired) electrons. The number of hydrogen-bond donors (Lipinski definition) is 2. The largest absolute Gasteiger partial charge is 0.326 e. The molecule has 0 aromatic heterocycles. The van der Waals surface area contributed by atoms with Crippen LogP contribution in [-0.4, -0.2) is 14.3 Å². The van der Waals surface area contributed by atoms with Crippen molar-refractivity contribution >= 4 is 21.6 Å². The SMILES string of the molecule is CCC[C@@H](C)C(=O)Nc1ccc(S(N)(=O)=O)cc1. The van der Waals surface area contributed by atoms with E-state index in [1.807, 2.05) is 13.8 Å². The number of primary sulfonamides is 1. The number of benzene rings is 1. The van der Waals surface area contributed by atoms with E-state index < -0.39 is 10.0 Å². The highest BCUT2D eigenvalue weighted by molar-refractivity contribution is 7.89. The van der Waals surface area contributed by atoms with Gasteiger partial charge in [0.05, 0.1) is 4.90 Å². The summed E-state index contributed by atoms with van der Waals surface area (Å²) in [7, 11) is -3.69. The molecule has 0 aliphatic heterocycles. The Hall–Kier alpha value is -1.40. The molecule has 0 saturated heterocycles. The molecule has 1 aromatic carbocycles. The van der Waals surface area contributed by atoms with E-state index in [9.17, 15) is 13.2 Å². The third-order valence-corrected chi connectivity index (χ3v) is 3.55. The average Bonchev–Trinajstić information content (AvgIpc) is 2.28. The lowest BCUT2D eigenvalue weighted by atomic mass is 10.1. The van der Waals surface area contributed by atoms with Gasteiger partial charge in [-0.3, -0.25) is 4.79 Å². The quantitative estimate of drug-likeness (QED) is 0.853. The molecule has 1 atom stereocenters. The molecule has 6 heteroatoms. The first kappa shape index (κ1) is 14.7. The van der Waals surface area contributed by atoms with Crippen LogP contribution in [-0.2, 0) is 14.8 Å². The van der Waals surface area contributed by atoms with Gasteiger partial charge in [0, 0.05) is 11.6 Å². The molecule has 1 amide bonds. The molecule has 1 aromatic rings. The minimum absolute atomic E-state index is 0.0297. The zero-order valence-electron chi connectivity index (χ0n) is 10.5. The number of rotatable bonds is 5. The van der Waals surface area contributed by atoms with Crippen LogP contribution in [0.2, 0.25) is 0 Å². The first-order chi connectivity index (χ1) is 8.34. The molecule has 0 aliphatic rings. The summed E-state index contributed by atoms with van der Waals surface area (Å²) < 4.78 is 22.1. The molecule has 0 bridgehead atoms. The van der Waals surface area contributed by atoms with E-state index in [0.29, 0.717) is 5.69 Å². The van der Waals surface area contributed by atoms with E-state index in [-0.39, 0.29) is 16.7 Å². The van der Waals surface area contributed by atoms with Crippen molar-refractivity contribution in [3.63, 3.8) is 0 Å². The summed E-state index contributed by atoms with van der Waals surface area (Å²) >= 11 is 0. The van der Waals surface area contributed by atoms with E-state index in [0.717, 1.165) is 12.8 Å². The third kappa shape index (κ3) is 4.12. The number of amides is 1. The second-order valence-corrected chi connectivity index (χ2v) is 5.81. The Kier molecular flexibility index (Phi) is 4.86. The van der Waals surface area contributed by atoms with Crippen molar-refractivity contribution in [3.8, 4) is 0 Å². The lowest BCUT2D eigenvalue weighted by Crippen LogP contribution is -2.20. The Labute approximate surface area is 107 Å². The fourth-order valence-corrected chi connectivity index (χ4v) is 2.07. The molecule has 0 heterocycles. The Morgan fingerprint density at radius 3 is 2.33 bits per heavy atom. The first-order valence-corrected chi connectivity index (χ1v) is 7.33. The maximum absolute atomic E-state index is 11.7. The van der Waals surface area contributed by atoms with Crippen LogP contribution in [0.15, 0.2) is 29.2 Å². The monoisotopic (exact) mass is 270 g/mol. The number of carbonyl (C=O) groups excluding carboxylic acids is 1. The minimum Gasteiger partial charge on any atom is -0.326 e.